The van der Waals surface area contributed by atoms with Gasteiger partial charge in [-0.25, -0.2) is 13.2 Å². The van der Waals surface area contributed by atoms with Gasteiger partial charge in [0.25, 0.3) is 15.9 Å². The van der Waals surface area contributed by atoms with Crippen LogP contribution in [0.1, 0.15) is 31.8 Å². The number of methoxy groups -OCH3 is 1. The Morgan fingerprint density at radius 2 is 1.43 bits per heavy atom. The number of sulfonamides is 1. The zero-order valence-corrected chi connectivity index (χ0v) is 21.2. The van der Waals surface area contributed by atoms with Crippen LogP contribution in [0.2, 0.25) is 0 Å². The molecule has 0 aliphatic heterocycles. The maximum absolute atomic E-state index is 13.5. The summed E-state index contributed by atoms with van der Waals surface area (Å²) in [5.41, 5.74) is 3.11. The predicted molar refractivity (Wildman–Crippen MR) is 143 cm³/mol. The molecule has 0 heterocycles. The van der Waals surface area contributed by atoms with Crippen molar-refractivity contribution in [2.75, 3.05) is 16.7 Å². The van der Waals surface area contributed by atoms with Crippen LogP contribution in [0.4, 0.5) is 11.4 Å². The Balaban J connectivity index is 1.56. The molecule has 4 rings (SSSR count). The molecule has 0 spiro atoms. The minimum atomic E-state index is -3.82. The van der Waals surface area contributed by atoms with Gasteiger partial charge in [0.15, 0.2) is 0 Å². The molecule has 0 bridgehead atoms. The second-order valence-corrected chi connectivity index (χ2v) is 10.1. The number of rotatable bonds is 8. The number of benzene rings is 4. The van der Waals surface area contributed by atoms with Gasteiger partial charge in [-0.2, -0.15) is 0 Å². The molecule has 0 saturated heterocycles. The quantitative estimate of drug-likeness (QED) is 0.317. The number of nitrogens with zero attached hydrogens (tertiary/aromatic N) is 1. The van der Waals surface area contributed by atoms with Crippen LogP contribution in [-0.2, 0) is 21.3 Å². The number of amides is 1. The van der Waals surface area contributed by atoms with E-state index in [1.165, 1.54) is 11.4 Å². The number of para-hydroxylation sites is 1. The molecule has 0 radical (unpaired) electrons. The molecule has 0 aliphatic carbocycles. The molecule has 37 heavy (non-hydrogen) atoms. The van der Waals surface area contributed by atoms with Crippen LogP contribution < -0.4 is 9.62 Å². The van der Waals surface area contributed by atoms with Crippen LogP contribution in [0.25, 0.3) is 0 Å². The van der Waals surface area contributed by atoms with Crippen LogP contribution >= 0.6 is 0 Å². The molecule has 0 atom stereocenters. The molecule has 0 saturated carbocycles. The van der Waals surface area contributed by atoms with E-state index in [0.717, 1.165) is 0 Å². The van der Waals surface area contributed by atoms with E-state index < -0.39 is 16.0 Å². The lowest BCUT2D eigenvalue weighted by Crippen LogP contribution is -2.30. The maximum atomic E-state index is 13.5. The van der Waals surface area contributed by atoms with Gasteiger partial charge in [-0.15, -0.1) is 0 Å². The Hall–Kier alpha value is -4.43. The van der Waals surface area contributed by atoms with Crippen LogP contribution in [0.3, 0.4) is 0 Å². The first-order valence-corrected chi connectivity index (χ1v) is 13.0. The molecule has 1 N–H and O–H groups in total. The average molecular weight is 515 g/mol. The van der Waals surface area contributed by atoms with E-state index >= 15 is 0 Å². The normalized spacial score (nSPS) is 11.0. The van der Waals surface area contributed by atoms with Crippen LogP contribution in [-0.4, -0.2) is 27.4 Å². The van der Waals surface area contributed by atoms with Crippen molar-refractivity contribution in [1.82, 2.24) is 0 Å². The largest absolute Gasteiger partial charge is 0.465 e. The Morgan fingerprint density at radius 3 is 2.05 bits per heavy atom. The van der Waals surface area contributed by atoms with Crippen LogP contribution in [0.5, 0.6) is 0 Å². The molecular weight excluding hydrogens is 488 g/mol. The van der Waals surface area contributed by atoms with Gasteiger partial charge in [-0.1, -0.05) is 54.6 Å². The Morgan fingerprint density at radius 1 is 0.811 bits per heavy atom. The third-order valence-electron chi connectivity index (χ3n) is 5.90. The minimum absolute atomic E-state index is 0.0867. The van der Waals surface area contributed by atoms with Crippen molar-refractivity contribution < 1.29 is 22.7 Å². The van der Waals surface area contributed by atoms with E-state index in [-0.39, 0.29) is 17.3 Å². The zero-order chi connectivity index (χ0) is 26.4. The van der Waals surface area contributed by atoms with E-state index in [2.05, 4.69) is 5.32 Å². The topological polar surface area (TPSA) is 92.8 Å². The van der Waals surface area contributed by atoms with Crippen molar-refractivity contribution in [3.05, 3.63) is 125 Å². The van der Waals surface area contributed by atoms with E-state index in [0.29, 0.717) is 33.6 Å². The van der Waals surface area contributed by atoms with Gasteiger partial charge in [0.2, 0.25) is 0 Å². The van der Waals surface area contributed by atoms with Crippen molar-refractivity contribution >= 4 is 33.3 Å². The second-order valence-electron chi connectivity index (χ2n) is 8.28. The number of hydrogen-bond donors (Lipinski definition) is 1. The molecule has 0 aromatic heterocycles. The Bertz CT molecular complexity index is 1500. The first kappa shape index (κ1) is 25.7. The lowest BCUT2D eigenvalue weighted by Gasteiger charge is -2.25. The standard InChI is InChI=1S/C29H26N2O5S/c1-21-26(29(33)36-2)14-9-15-27(21)30-28(32)23-18-16-22(17-19-23)20-31(24-10-5-3-6-11-24)37(34,35)25-12-7-4-8-13-25/h3-19H,20H2,1-2H3,(H,30,32). The molecule has 8 heteroatoms. The van der Waals surface area contributed by atoms with E-state index in [1.807, 2.05) is 6.07 Å². The Kier molecular flexibility index (Phi) is 7.69. The third kappa shape index (κ3) is 5.70. The van der Waals surface area contributed by atoms with Gasteiger partial charge in [0, 0.05) is 11.3 Å². The minimum Gasteiger partial charge on any atom is -0.465 e. The summed E-state index contributed by atoms with van der Waals surface area (Å²) in [5, 5.41) is 2.82. The smallest absolute Gasteiger partial charge is 0.338 e. The molecule has 1 amide bonds. The van der Waals surface area contributed by atoms with Gasteiger partial charge >= 0.3 is 5.97 Å². The number of nitrogens with one attached hydrogen (secondary N) is 1. The van der Waals surface area contributed by atoms with Crippen molar-refractivity contribution in [2.24, 2.45) is 0 Å². The molecule has 188 valence electrons. The molecule has 4 aromatic carbocycles. The summed E-state index contributed by atoms with van der Waals surface area (Å²) >= 11 is 0. The second kappa shape index (κ2) is 11.1. The summed E-state index contributed by atoms with van der Waals surface area (Å²) in [6.07, 6.45) is 0. The fourth-order valence-corrected chi connectivity index (χ4v) is 5.33. The first-order chi connectivity index (χ1) is 17.8. The van der Waals surface area contributed by atoms with E-state index in [1.54, 1.807) is 104 Å². The zero-order valence-electron chi connectivity index (χ0n) is 20.4. The highest BCUT2D eigenvalue weighted by Gasteiger charge is 2.25. The molecule has 0 fully saturated rings. The lowest BCUT2D eigenvalue weighted by atomic mass is 10.1. The summed E-state index contributed by atoms with van der Waals surface area (Å²) in [5.74, 6) is -0.833. The summed E-state index contributed by atoms with van der Waals surface area (Å²) < 4.78 is 33.1. The third-order valence-corrected chi connectivity index (χ3v) is 7.69. The highest BCUT2D eigenvalue weighted by molar-refractivity contribution is 7.92. The van der Waals surface area contributed by atoms with Crippen molar-refractivity contribution in [2.45, 2.75) is 18.4 Å². The number of hydrogen-bond acceptors (Lipinski definition) is 5. The maximum Gasteiger partial charge on any atom is 0.338 e. The molecule has 0 aliphatic rings. The Labute approximate surface area is 216 Å². The lowest BCUT2D eigenvalue weighted by molar-refractivity contribution is 0.0599. The molecule has 4 aromatic rings. The summed E-state index contributed by atoms with van der Waals surface area (Å²) in [7, 11) is -2.52. The van der Waals surface area contributed by atoms with E-state index in [4.69, 9.17) is 4.74 Å². The fourth-order valence-electron chi connectivity index (χ4n) is 3.85. The van der Waals surface area contributed by atoms with Crippen LogP contribution in [0.15, 0.2) is 108 Å². The number of esters is 1. The summed E-state index contributed by atoms with van der Waals surface area (Å²) in [6, 6.07) is 28.9. The number of carbonyl (C=O) groups is 2. The van der Waals surface area contributed by atoms with Gasteiger partial charge < -0.3 is 10.1 Å². The predicted octanol–water partition coefficient (Wildman–Crippen LogP) is 5.43. The molecule has 7 nitrogen and oxygen atoms in total. The summed E-state index contributed by atoms with van der Waals surface area (Å²) in [4.78, 5) is 25.0. The van der Waals surface area contributed by atoms with Crippen molar-refractivity contribution in [3.8, 4) is 0 Å². The molecular formula is C29H26N2O5S. The highest BCUT2D eigenvalue weighted by Crippen LogP contribution is 2.26. The SMILES string of the molecule is COC(=O)c1cccc(NC(=O)c2ccc(CN(c3ccccc3)S(=O)(=O)c3ccccc3)cc2)c1C. The van der Waals surface area contributed by atoms with Gasteiger partial charge in [-0.05, 0) is 66.6 Å². The molecule has 0 unspecified atom stereocenters. The summed E-state index contributed by atoms with van der Waals surface area (Å²) in [6.45, 7) is 1.82. The number of ether oxygens (including phenoxy) is 1. The van der Waals surface area contributed by atoms with Crippen molar-refractivity contribution in [3.63, 3.8) is 0 Å². The van der Waals surface area contributed by atoms with Gasteiger partial charge in [0.1, 0.15) is 0 Å². The monoisotopic (exact) mass is 514 g/mol. The van der Waals surface area contributed by atoms with E-state index in [9.17, 15) is 18.0 Å². The first-order valence-electron chi connectivity index (χ1n) is 11.5. The van der Waals surface area contributed by atoms with Crippen molar-refractivity contribution in [1.29, 1.82) is 0 Å². The van der Waals surface area contributed by atoms with Gasteiger partial charge in [-0.3, -0.25) is 9.10 Å². The highest BCUT2D eigenvalue weighted by atomic mass is 32.2. The number of anilines is 2. The fraction of sp³-hybridized carbons (Fsp3) is 0.103. The van der Waals surface area contributed by atoms with Crippen LogP contribution in [0, 0.1) is 6.92 Å². The van der Waals surface area contributed by atoms with Gasteiger partial charge in [0.05, 0.1) is 29.8 Å². The number of carbonyl (C=O) groups excluding carboxylic acids is 2. The average Bonchev–Trinajstić information content (AvgIpc) is 2.93.